The quantitative estimate of drug-likeness (QED) is 0.526. The number of hydrogen-bond donors (Lipinski definition) is 2. The lowest BCUT2D eigenvalue weighted by Crippen LogP contribution is -2.51. The van der Waals surface area contributed by atoms with Crippen molar-refractivity contribution in [2.45, 2.75) is 49.5 Å². The van der Waals surface area contributed by atoms with Crippen LogP contribution in [0.25, 0.3) is 0 Å². The van der Waals surface area contributed by atoms with E-state index in [0.717, 1.165) is 23.3 Å². The second-order valence-electron chi connectivity index (χ2n) is 6.79. The molecule has 2 N–H and O–H groups in total. The Bertz CT molecular complexity index is 928. The summed E-state index contributed by atoms with van der Waals surface area (Å²) in [6.45, 7) is 2.22. The average molecular weight is 443 g/mol. The molecule has 0 bridgehead atoms. The predicted octanol–water partition coefficient (Wildman–Crippen LogP) is 3.80. The molecule has 2 aromatic rings. The van der Waals surface area contributed by atoms with E-state index in [0.29, 0.717) is 17.9 Å². The zero-order chi connectivity index (χ0) is 20.3. The van der Waals surface area contributed by atoms with Crippen LogP contribution in [0.3, 0.4) is 0 Å². The number of amides is 1. The third kappa shape index (κ3) is 4.11. The highest BCUT2D eigenvalue weighted by Gasteiger charge is 2.43. The molecular weight excluding hydrogens is 420 g/mol. The van der Waals surface area contributed by atoms with E-state index in [9.17, 15) is 18.4 Å². The molecule has 6 nitrogen and oxygen atoms in total. The lowest BCUT2D eigenvalue weighted by Gasteiger charge is -2.33. The fourth-order valence-corrected chi connectivity index (χ4v) is 6.43. The third-order valence-corrected chi connectivity index (χ3v) is 8.24. The Hall–Kier alpha value is -1.45. The molecule has 0 saturated carbocycles. The fraction of sp³-hybridized carbons (Fsp3) is 0.421. The summed E-state index contributed by atoms with van der Waals surface area (Å²) >= 11 is 7.47. The Labute approximate surface area is 174 Å². The molecule has 0 radical (unpaired) electrons. The van der Waals surface area contributed by atoms with Crippen molar-refractivity contribution in [1.29, 1.82) is 0 Å². The highest BCUT2D eigenvalue weighted by molar-refractivity contribution is 7.89. The minimum atomic E-state index is -3.95. The summed E-state index contributed by atoms with van der Waals surface area (Å²) in [5, 5.41) is 11.8. The van der Waals surface area contributed by atoms with Gasteiger partial charge in [-0.3, -0.25) is 10.0 Å². The molecule has 152 valence electrons. The molecule has 1 aromatic heterocycles. The molecule has 0 aliphatic carbocycles. The lowest BCUT2D eigenvalue weighted by molar-refractivity contribution is -0.134. The van der Waals surface area contributed by atoms with Crippen molar-refractivity contribution in [3.63, 3.8) is 0 Å². The molecule has 28 heavy (non-hydrogen) atoms. The van der Waals surface area contributed by atoms with Crippen molar-refractivity contribution in [3.8, 4) is 0 Å². The first-order chi connectivity index (χ1) is 13.4. The number of hydrogen-bond acceptors (Lipinski definition) is 5. The molecule has 1 aliphatic heterocycles. The Kier molecular flexibility index (Phi) is 6.77. The first kappa shape index (κ1) is 21.3. The predicted molar refractivity (Wildman–Crippen MR) is 109 cm³/mol. The maximum absolute atomic E-state index is 13.4. The van der Waals surface area contributed by atoms with E-state index < -0.39 is 22.0 Å². The molecule has 0 saturated heterocycles. The summed E-state index contributed by atoms with van der Waals surface area (Å²) in [6, 6.07) is 6.85. The molecule has 1 amide bonds. The van der Waals surface area contributed by atoms with Crippen molar-refractivity contribution in [2.75, 3.05) is 6.54 Å². The number of rotatable bonds is 6. The van der Waals surface area contributed by atoms with Gasteiger partial charge in [-0.25, -0.2) is 13.9 Å². The first-order valence-electron chi connectivity index (χ1n) is 9.17. The first-order valence-corrected chi connectivity index (χ1v) is 11.9. The Balaban J connectivity index is 2.09. The minimum absolute atomic E-state index is 0.0761. The summed E-state index contributed by atoms with van der Waals surface area (Å²) in [5.74, 6) is -1.03. The van der Waals surface area contributed by atoms with E-state index in [1.54, 1.807) is 16.8 Å². The number of carbonyl (C=O) groups is 1. The maximum Gasteiger partial charge on any atom is 0.262 e. The van der Waals surface area contributed by atoms with Crippen molar-refractivity contribution in [2.24, 2.45) is 0 Å². The van der Waals surface area contributed by atoms with Gasteiger partial charge in [0.05, 0.1) is 4.90 Å². The number of halogens is 1. The number of thiophene rings is 1. The van der Waals surface area contributed by atoms with Crippen LogP contribution in [0.15, 0.2) is 40.6 Å². The number of hydroxylamine groups is 1. The van der Waals surface area contributed by atoms with Crippen molar-refractivity contribution in [1.82, 2.24) is 9.79 Å². The van der Waals surface area contributed by atoms with Crippen molar-refractivity contribution >= 4 is 38.9 Å². The Morgan fingerprint density at radius 2 is 2.04 bits per heavy atom. The van der Waals surface area contributed by atoms with Crippen LogP contribution in [-0.2, 0) is 21.2 Å². The van der Waals surface area contributed by atoms with Gasteiger partial charge in [-0.15, -0.1) is 11.3 Å². The lowest BCUT2D eigenvalue weighted by atomic mass is 9.87. The molecule has 0 fully saturated rings. The van der Waals surface area contributed by atoms with Gasteiger partial charge in [-0.05, 0) is 54.1 Å². The summed E-state index contributed by atoms with van der Waals surface area (Å²) < 4.78 is 28.0. The zero-order valence-corrected chi connectivity index (χ0v) is 17.9. The topological polar surface area (TPSA) is 86.7 Å². The molecule has 2 atom stereocenters. The number of nitrogens with zero attached hydrogens (tertiary/aromatic N) is 1. The van der Waals surface area contributed by atoms with E-state index in [4.69, 9.17) is 11.6 Å². The van der Waals surface area contributed by atoms with Crippen molar-refractivity contribution in [3.05, 3.63) is 51.2 Å². The number of carbonyl (C=O) groups excluding carboxylic acids is 1. The maximum atomic E-state index is 13.4. The Morgan fingerprint density at radius 3 is 2.68 bits per heavy atom. The largest absolute Gasteiger partial charge is 0.289 e. The van der Waals surface area contributed by atoms with Crippen LogP contribution in [0.5, 0.6) is 0 Å². The second kappa shape index (κ2) is 8.92. The van der Waals surface area contributed by atoms with Crippen LogP contribution < -0.4 is 5.48 Å². The number of nitrogens with one attached hydrogen (secondary N) is 1. The summed E-state index contributed by atoms with van der Waals surface area (Å²) in [4.78, 5) is 13.8. The average Bonchev–Trinajstić information content (AvgIpc) is 3.08. The van der Waals surface area contributed by atoms with Gasteiger partial charge in [-0.2, -0.15) is 4.31 Å². The van der Waals surface area contributed by atoms with Crippen LogP contribution in [0, 0.1) is 0 Å². The molecule has 0 spiro atoms. The zero-order valence-electron chi connectivity index (χ0n) is 15.5. The molecule has 0 unspecified atom stereocenters. The van der Waals surface area contributed by atoms with E-state index in [1.807, 2.05) is 11.4 Å². The molecule has 9 heteroatoms. The Morgan fingerprint density at radius 1 is 1.32 bits per heavy atom. The standard InChI is InChI=1S/C19H23ClN2O4S2/c1-2-3-4-16-15-10-12-27-17(15)9-11-22(18(16)19(23)21-24)28(25,26)14-7-5-13(20)6-8-14/h5-8,10,12,16,18,24H,2-4,9,11H2,1H3,(H,21,23)/t16-,18-/m0/s1. The van der Waals surface area contributed by atoms with Gasteiger partial charge in [0.1, 0.15) is 6.04 Å². The highest BCUT2D eigenvalue weighted by Crippen LogP contribution is 2.39. The van der Waals surface area contributed by atoms with Gasteiger partial charge in [0, 0.05) is 22.4 Å². The van der Waals surface area contributed by atoms with Crippen LogP contribution >= 0.6 is 22.9 Å². The van der Waals surface area contributed by atoms with E-state index in [1.165, 1.54) is 28.6 Å². The van der Waals surface area contributed by atoms with Gasteiger partial charge in [-0.1, -0.05) is 31.4 Å². The van der Waals surface area contributed by atoms with E-state index in [2.05, 4.69) is 6.92 Å². The van der Waals surface area contributed by atoms with Gasteiger partial charge < -0.3 is 0 Å². The van der Waals surface area contributed by atoms with Crippen LogP contribution in [-0.4, -0.2) is 36.4 Å². The number of fused-ring (bicyclic) bond motifs is 1. The van der Waals surface area contributed by atoms with Gasteiger partial charge in [0.2, 0.25) is 10.0 Å². The SMILES string of the molecule is CCCC[C@H]1c2ccsc2CCN(S(=O)(=O)c2ccc(Cl)cc2)[C@@H]1C(=O)NO. The normalized spacial score (nSPS) is 20.4. The minimum Gasteiger partial charge on any atom is -0.289 e. The smallest absolute Gasteiger partial charge is 0.262 e. The monoisotopic (exact) mass is 442 g/mol. The van der Waals surface area contributed by atoms with E-state index >= 15 is 0 Å². The molecular formula is C19H23ClN2O4S2. The van der Waals surface area contributed by atoms with Crippen molar-refractivity contribution < 1.29 is 18.4 Å². The number of benzene rings is 1. The second-order valence-corrected chi connectivity index (χ2v) is 10.1. The molecule has 2 heterocycles. The highest BCUT2D eigenvalue weighted by atomic mass is 35.5. The molecule has 1 aromatic carbocycles. The van der Waals surface area contributed by atoms with Crippen LogP contribution in [0.2, 0.25) is 5.02 Å². The van der Waals surface area contributed by atoms with Crippen LogP contribution in [0.1, 0.15) is 42.5 Å². The van der Waals surface area contributed by atoms with Gasteiger partial charge in [0.25, 0.3) is 5.91 Å². The van der Waals surface area contributed by atoms with Gasteiger partial charge >= 0.3 is 0 Å². The summed E-state index contributed by atoms with van der Waals surface area (Å²) in [6.07, 6.45) is 2.96. The van der Waals surface area contributed by atoms with E-state index in [-0.39, 0.29) is 17.4 Å². The molecule has 3 rings (SSSR count). The number of unbranched alkanes of at least 4 members (excludes halogenated alkanes) is 1. The fourth-order valence-electron chi connectivity index (χ4n) is 3.73. The van der Waals surface area contributed by atoms with Gasteiger partial charge in [0.15, 0.2) is 0 Å². The third-order valence-electron chi connectivity index (χ3n) is 5.10. The molecule has 1 aliphatic rings. The summed E-state index contributed by atoms with van der Waals surface area (Å²) in [7, 11) is -3.95. The van der Waals surface area contributed by atoms with Crippen LogP contribution in [0.4, 0.5) is 0 Å². The number of sulfonamides is 1. The summed E-state index contributed by atoms with van der Waals surface area (Å²) in [5.41, 5.74) is 2.69.